The summed E-state index contributed by atoms with van der Waals surface area (Å²) in [5.41, 5.74) is 3.18. The Morgan fingerprint density at radius 2 is 2.00 bits per heavy atom. The lowest BCUT2D eigenvalue weighted by molar-refractivity contribution is 0.139. The Bertz CT molecular complexity index is 1330. The number of aromatic hydroxyl groups is 1. The van der Waals surface area contributed by atoms with E-state index in [1.807, 2.05) is 36.5 Å². The number of aromatic nitrogens is 1. The highest BCUT2D eigenvalue weighted by molar-refractivity contribution is 5.86. The number of pyridine rings is 1. The molecule has 2 aromatic heterocycles. The van der Waals surface area contributed by atoms with Gasteiger partial charge in [-0.2, -0.15) is 0 Å². The molecular formula is C27H26N2O4. The number of methoxy groups -OCH3 is 1. The molecule has 0 bridgehead atoms. The Kier molecular flexibility index (Phi) is 5.84. The van der Waals surface area contributed by atoms with Crippen LogP contribution in [0.25, 0.3) is 22.1 Å². The zero-order valence-corrected chi connectivity index (χ0v) is 18.5. The van der Waals surface area contributed by atoms with Crippen molar-refractivity contribution in [1.82, 2.24) is 9.88 Å². The van der Waals surface area contributed by atoms with Gasteiger partial charge in [0.25, 0.3) is 0 Å². The average molecular weight is 443 g/mol. The van der Waals surface area contributed by atoms with Crippen molar-refractivity contribution in [1.29, 1.82) is 0 Å². The molecule has 6 nitrogen and oxygen atoms in total. The molecule has 1 saturated heterocycles. The van der Waals surface area contributed by atoms with Crippen molar-refractivity contribution in [3.05, 3.63) is 88.5 Å². The number of likely N-dealkylation sites (tertiary alicyclic amines) is 1. The third-order valence-corrected chi connectivity index (χ3v) is 6.46. The first-order valence-electron chi connectivity index (χ1n) is 11.2. The minimum absolute atomic E-state index is 0.131. The molecule has 1 aliphatic rings. The second kappa shape index (κ2) is 9.08. The van der Waals surface area contributed by atoms with E-state index in [9.17, 15) is 9.90 Å². The van der Waals surface area contributed by atoms with Crippen LogP contribution < -0.4 is 10.2 Å². The molecule has 1 atom stereocenters. The summed E-state index contributed by atoms with van der Waals surface area (Å²) < 4.78 is 11.4. The third-order valence-electron chi connectivity index (χ3n) is 6.46. The van der Waals surface area contributed by atoms with E-state index in [2.05, 4.69) is 16.0 Å². The number of piperidine rings is 1. The number of benzene rings is 2. The van der Waals surface area contributed by atoms with Gasteiger partial charge in [0.1, 0.15) is 23.3 Å². The average Bonchev–Trinajstić information content (AvgIpc) is 2.87. The summed E-state index contributed by atoms with van der Waals surface area (Å²) in [5, 5.41) is 11.2. The minimum Gasteiger partial charge on any atom is -0.507 e. The van der Waals surface area contributed by atoms with Gasteiger partial charge in [0.15, 0.2) is 0 Å². The predicted octanol–water partition coefficient (Wildman–Crippen LogP) is 5.30. The lowest BCUT2D eigenvalue weighted by Gasteiger charge is -2.36. The van der Waals surface area contributed by atoms with Gasteiger partial charge < -0.3 is 14.3 Å². The molecule has 1 fully saturated rings. The standard InChI is InChI=1S/C27H26N2O4/c1-32-25-10-3-2-8-19(25)22-17-33-27-20(26(22)31)11-12-24(30)21(27)16-29-14-5-4-9-23(29)18-7-6-13-28-15-18/h2-3,6-8,10-13,15,17,23,30H,4-5,9,14,16H2,1H3/t23-/m0/s1. The van der Waals surface area contributed by atoms with Crippen molar-refractivity contribution >= 4 is 11.0 Å². The second-order valence-corrected chi connectivity index (χ2v) is 8.39. The molecule has 0 amide bonds. The van der Waals surface area contributed by atoms with Gasteiger partial charge in [-0.3, -0.25) is 14.7 Å². The van der Waals surface area contributed by atoms with Gasteiger partial charge in [-0.25, -0.2) is 0 Å². The van der Waals surface area contributed by atoms with E-state index in [4.69, 9.17) is 9.15 Å². The highest BCUT2D eigenvalue weighted by Crippen LogP contribution is 2.36. The second-order valence-electron chi connectivity index (χ2n) is 8.39. The first-order valence-corrected chi connectivity index (χ1v) is 11.2. The van der Waals surface area contributed by atoms with Crippen LogP contribution in [0.4, 0.5) is 0 Å². The monoisotopic (exact) mass is 442 g/mol. The molecule has 168 valence electrons. The summed E-state index contributed by atoms with van der Waals surface area (Å²) in [6.45, 7) is 1.39. The van der Waals surface area contributed by atoms with Gasteiger partial charge in [0.05, 0.1) is 23.6 Å². The SMILES string of the molecule is COc1ccccc1-c1coc2c(CN3CCCC[C@H]3c3cccnc3)c(O)ccc2c1=O. The van der Waals surface area contributed by atoms with Crippen LogP contribution in [0.2, 0.25) is 0 Å². The molecule has 4 aromatic rings. The van der Waals surface area contributed by atoms with E-state index in [0.717, 1.165) is 31.4 Å². The number of phenols is 1. The van der Waals surface area contributed by atoms with E-state index >= 15 is 0 Å². The Morgan fingerprint density at radius 3 is 2.82 bits per heavy atom. The fourth-order valence-electron chi connectivity index (χ4n) is 4.79. The summed E-state index contributed by atoms with van der Waals surface area (Å²) >= 11 is 0. The van der Waals surface area contributed by atoms with Crippen molar-refractivity contribution in [3.8, 4) is 22.6 Å². The molecule has 3 heterocycles. The zero-order valence-electron chi connectivity index (χ0n) is 18.5. The highest BCUT2D eigenvalue weighted by atomic mass is 16.5. The van der Waals surface area contributed by atoms with Crippen molar-refractivity contribution in [2.24, 2.45) is 0 Å². The number of phenolic OH excluding ortho intramolecular Hbond substituents is 1. The smallest absolute Gasteiger partial charge is 0.200 e. The van der Waals surface area contributed by atoms with Crippen LogP contribution in [-0.2, 0) is 6.54 Å². The van der Waals surface area contributed by atoms with Crippen molar-refractivity contribution < 1.29 is 14.3 Å². The molecule has 6 heteroatoms. The number of fused-ring (bicyclic) bond motifs is 1. The summed E-state index contributed by atoms with van der Waals surface area (Å²) in [6, 6.07) is 14.9. The quantitative estimate of drug-likeness (QED) is 0.452. The fourth-order valence-corrected chi connectivity index (χ4v) is 4.79. The lowest BCUT2D eigenvalue weighted by atomic mass is 9.95. The Balaban J connectivity index is 1.57. The van der Waals surface area contributed by atoms with Gasteiger partial charge in [-0.05, 0) is 49.2 Å². The molecule has 1 aliphatic heterocycles. The van der Waals surface area contributed by atoms with Crippen LogP contribution in [0.1, 0.15) is 36.4 Å². The Labute approximate surface area is 192 Å². The molecule has 0 radical (unpaired) electrons. The molecule has 0 aliphatic carbocycles. The maximum atomic E-state index is 13.4. The van der Waals surface area contributed by atoms with Crippen LogP contribution >= 0.6 is 0 Å². The van der Waals surface area contributed by atoms with Crippen LogP contribution in [0.5, 0.6) is 11.5 Å². The van der Waals surface area contributed by atoms with Crippen molar-refractivity contribution in [2.45, 2.75) is 31.8 Å². The Morgan fingerprint density at radius 1 is 1.12 bits per heavy atom. The lowest BCUT2D eigenvalue weighted by Crippen LogP contribution is -2.33. The third kappa shape index (κ3) is 3.98. The molecule has 0 spiro atoms. The molecule has 5 rings (SSSR count). The Hall–Kier alpha value is -3.64. The molecule has 2 aromatic carbocycles. The summed E-state index contributed by atoms with van der Waals surface area (Å²) in [5.74, 6) is 0.738. The van der Waals surface area contributed by atoms with E-state index in [0.29, 0.717) is 40.0 Å². The first kappa shape index (κ1) is 21.2. The maximum Gasteiger partial charge on any atom is 0.200 e. The maximum absolute atomic E-state index is 13.4. The molecular weight excluding hydrogens is 416 g/mol. The van der Waals surface area contributed by atoms with E-state index in [-0.39, 0.29) is 17.2 Å². The number of ether oxygens (including phenoxy) is 1. The number of para-hydroxylation sites is 1. The molecule has 33 heavy (non-hydrogen) atoms. The van der Waals surface area contributed by atoms with E-state index in [1.54, 1.807) is 25.4 Å². The topological polar surface area (TPSA) is 75.8 Å². The number of nitrogens with zero attached hydrogens (tertiary/aromatic N) is 2. The predicted molar refractivity (Wildman–Crippen MR) is 127 cm³/mol. The summed E-state index contributed by atoms with van der Waals surface area (Å²) in [7, 11) is 1.58. The van der Waals surface area contributed by atoms with Gasteiger partial charge in [-0.15, -0.1) is 0 Å². The van der Waals surface area contributed by atoms with Gasteiger partial charge in [-0.1, -0.05) is 30.7 Å². The van der Waals surface area contributed by atoms with Gasteiger partial charge >= 0.3 is 0 Å². The molecule has 0 unspecified atom stereocenters. The van der Waals surface area contributed by atoms with E-state index in [1.165, 1.54) is 6.26 Å². The fraction of sp³-hybridized carbons (Fsp3) is 0.259. The van der Waals surface area contributed by atoms with Gasteiger partial charge in [0, 0.05) is 30.5 Å². The normalized spacial score (nSPS) is 16.7. The number of rotatable bonds is 5. The van der Waals surface area contributed by atoms with Crippen LogP contribution in [-0.4, -0.2) is 28.6 Å². The van der Waals surface area contributed by atoms with Crippen LogP contribution in [0.15, 0.2) is 76.4 Å². The van der Waals surface area contributed by atoms with E-state index < -0.39 is 0 Å². The number of hydrogen-bond donors (Lipinski definition) is 1. The highest BCUT2D eigenvalue weighted by Gasteiger charge is 2.26. The first-order chi connectivity index (χ1) is 16.2. The largest absolute Gasteiger partial charge is 0.507 e. The van der Waals surface area contributed by atoms with Crippen molar-refractivity contribution in [3.63, 3.8) is 0 Å². The van der Waals surface area contributed by atoms with Crippen LogP contribution in [0.3, 0.4) is 0 Å². The molecule has 1 N–H and O–H groups in total. The van der Waals surface area contributed by atoms with Crippen LogP contribution in [0, 0.1) is 0 Å². The number of hydrogen-bond acceptors (Lipinski definition) is 6. The zero-order chi connectivity index (χ0) is 22.8. The summed E-state index contributed by atoms with van der Waals surface area (Å²) in [4.78, 5) is 20.0. The summed E-state index contributed by atoms with van der Waals surface area (Å²) in [6.07, 6.45) is 8.42. The minimum atomic E-state index is -0.149. The van der Waals surface area contributed by atoms with Crippen molar-refractivity contribution in [2.75, 3.05) is 13.7 Å². The van der Waals surface area contributed by atoms with Gasteiger partial charge in [0.2, 0.25) is 5.43 Å². The molecule has 0 saturated carbocycles.